The van der Waals surface area contributed by atoms with Crippen LogP contribution in [-0.2, 0) is 20.8 Å². The van der Waals surface area contributed by atoms with E-state index in [2.05, 4.69) is 28.9 Å². The first kappa shape index (κ1) is 34.4. The number of carboxylic acids is 1. The van der Waals surface area contributed by atoms with Gasteiger partial charge in [0.2, 0.25) is 0 Å². The molecule has 2 aliphatic heterocycles. The molecule has 1 aromatic heterocycles. The van der Waals surface area contributed by atoms with E-state index in [1.165, 1.54) is 5.56 Å². The van der Waals surface area contributed by atoms with Gasteiger partial charge < -0.3 is 5.11 Å². The van der Waals surface area contributed by atoms with Gasteiger partial charge in [-0.15, -0.1) is 0 Å². The number of hydrogen-bond acceptors (Lipinski definition) is 6. The van der Waals surface area contributed by atoms with Gasteiger partial charge in [-0.2, -0.15) is 0 Å². The summed E-state index contributed by atoms with van der Waals surface area (Å²) in [5.41, 5.74) is 7.54. The monoisotopic (exact) mass is 906 g/mol. The number of aliphatic carboxylic acids is 1. The molecule has 5 atom stereocenters. The van der Waals surface area contributed by atoms with Crippen molar-refractivity contribution in [3.63, 3.8) is 0 Å². The molecule has 9 nitrogen and oxygen atoms in total. The molecule has 49 heavy (non-hydrogen) atoms. The van der Waals surface area contributed by atoms with Gasteiger partial charge in [0.25, 0.3) is 0 Å². The SMILES string of the molecule is C=C[I-]N(C)C(=O)/C(=C\C)C(=O)Nc1cccc(-c2cccc(-c3cc4c(c(OC)n3)[C@H](N3C[C@@H]5C(C(=O)O)[C@@H]5C3)CC4)c2Cl)c1C1C[I-]1. The second-order valence-electron chi connectivity index (χ2n) is 12.7. The third-order valence-electron chi connectivity index (χ3n) is 10.1. The van der Waals surface area contributed by atoms with Gasteiger partial charge in [-0.3, -0.25) is 4.79 Å². The molecule has 0 spiro atoms. The van der Waals surface area contributed by atoms with Crippen molar-refractivity contribution in [2.24, 2.45) is 17.8 Å². The molecule has 0 bridgehead atoms. The van der Waals surface area contributed by atoms with Crippen LogP contribution < -0.4 is 52.7 Å². The Bertz CT molecular complexity index is 1900. The van der Waals surface area contributed by atoms with Gasteiger partial charge in [0.05, 0.1) is 5.92 Å². The maximum atomic E-state index is 13.5. The van der Waals surface area contributed by atoms with Crippen molar-refractivity contribution in [1.29, 1.82) is 0 Å². The molecule has 258 valence electrons. The molecule has 7 rings (SSSR count). The molecule has 2 unspecified atom stereocenters. The van der Waals surface area contributed by atoms with E-state index in [4.69, 9.17) is 21.3 Å². The number of halogens is 3. The fraction of sp³-hybridized carbons (Fsp3) is 0.351. The molecule has 3 heterocycles. The van der Waals surface area contributed by atoms with Crippen LogP contribution in [0.4, 0.5) is 5.69 Å². The van der Waals surface area contributed by atoms with Crippen LogP contribution in [0, 0.1) is 17.8 Å². The second kappa shape index (κ2) is 14.0. The number of pyridine rings is 1. The van der Waals surface area contributed by atoms with Crippen LogP contribution in [0.15, 0.2) is 64.8 Å². The summed E-state index contributed by atoms with van der Waals surface area (Å²) in [5, 5.41) is 13.1. The van der Waals surface area contributed by atoms with E-state index < -0.39 is 33.4 Å². The van der Waals surface area contributed by atoms with Gasteiger partial charge in [-0.1, -0.05) is 0 Å². The van der Waals surface area contributed by atoms with Crippen molar-refractivity contribution in [3.05, 3.63) is 86.5 Å². The van der Waals surface area contributed by atoms with E-state index in [-0.39, 0.29) is 56.5 Å². The number of allylic oxidation sites excluding steroid dienone is 1. The number of rotatable bonds is 11. The number of anilines is 1. The van der Waals surface area contributed by atoms with Crippen LogP contribution in [0.3, 0.4) is 0 Å². The number of fused-ring (bicyclic) bond motifs is 2. The Kier molecular flexibility index (Phi) is 9.81. The summed E-state index contributed by atoms with van der Waals surface area (Å²) in [6.45, 7) is 7.05. The summed E-state index contributed by atoms with van der Waals surface area (Å²) >= 11 is 6.53. The maximum absolute atomic E-state index is 13.5. The number of amides is 2. The zero-order valence-corrected chi connectivity index (χ0v) is 32.5. The van der Waals surface area contributed by atoms with Crippen LogP contribution in [-0.4, -0.2) is 67.6 Å². The Balaban J connectivity index is 1.19. The average Bonchev–Trinajstić information content (AvgIpc) is 3.96. The molecule has 4 aliphatic rings. The van der Waals surface area contributed by atoms with Gasteiger partial charge in [-0.05, 0) is 11.8 Å². The number of methoxy groups -OCH3 is 1. The van der Waals surface area contributed by atoms with Gasteiger partial charge in [-0.25, -0.2) is 0 Å². The van der Waals surface area contributed by atoms with Crippen LogP contribution in [0.2, 0.25) is 5.02 Å². The van der Waals surface area contributed by atoms with E-state index in [0.717, 1.165) is 63.9 Å². The molecule has 3 fully saturated rings. The number of likely N-dealkylation sites (N-methyl/N-ethyl adjacent to an activating group) is 1. The number of hydrogen-bond donors (Lipinski definition) is 2. The zero-order chi connectivity index (χ0) is 34.6. The number of benzene rings is 2. The molecule has 3 aromatic rings. The molecule has 0 radical (unpaired) electrons. The minimum atomic E-state index is -0.701. The first-order valence-electron chi connectivity index (χ1n) is 16.2. The number of aryl methyl sites for hydroxylation is 1. The van der Waals surface area contributed by atoms with Crippen molar-refractivity contribution in [2.45, 2.75) is 29.7 Å². The summed E-state index contributed by atoms with van der Waals surface area (Å²) in [4.78, 5) is 45.4. The van der Waals surface area contributed by atoms with E-state index in [9.17, 15) is 19.5 Å². The molecular formula is C37H37ClI2N4O5-2. The number of ether oxygens (including phenoxy) is 1. The average molecular weight is 907 g/mol. The Hall–Kier alpha value is -3.01. The fourth-order valence-electron chi connectivity index (χ4n) is 7.66. The summed E-state index contributed by atoms with van der Waals surface area (Å²) < 4.78 is 10.7. The topological polar surface area (TPSA) is 112 Å². The van der Waals surface area contributed by atoms with Gasteiger partial charge >= 0.3 is 273 Å². The number of likely N-dealkylation sites (tertiary alicyclic amines) is 1. The summed E-state index contributed by atoms with van der Waals surface area (Å²) in [6.07, 6.45) is 3.40. The number of carboxylic acid groups (broad SMARTS) is 1. The summed E-state index contributed by atoms with van der Waals surface area (Å²) in [6, 6.07) is 14.2. The Labute approximate surface area is 312 Å². The van der Waals surface area contributed by atoms with Crippen molar-refractivity contribution < 1.29 is 66.9 Å². The summed E-state index contributed by atoms with van der Waals surface area (Å²) in [7, 11) is 3.35. The van der Waals surface area contributed by atoms with Crippen molar-refractivity contribution in [2.75, 3.05) is 37.0 Å². The van der Waals surface area contributed by atoms with E-state index in [1.807, 2.05) is 30.3 Å². The van der Waals surface area contributed by atoms with Gasteiger partial charge in [0.1, 0.15) is 0 Å². The quantitative estimate of drug-likeness (QED) is 0.0695. The Morgan fingerprint density at radius 1 is 1.14 bits per heavy atom. The van der Waals surface area contributed by atoms with E-state index >= 15 is 0 Å². The molecule has 2 aromatic carbocycles. The van der Waals surface area contributed by atoms with Gasteiger partial charge in [0, 0.05) is 13.1 Å². The third-order valence-corrected chi connectivity index (χ3v) is 14.5. The van der Waals surface area contributed by atoms with Crippen LogP contribution in [0.1, 0.15) is 40.0 Å². The van der Waals surface area contributed by atoms with Crippen molar-refractivity contribution in [3.8, 4) is 28.3 Å². The zero-order valence-electron chi connectivity index (χ0n) is 27.4. The van der Waals surface area contributed by atoms with Gasteiger partial charge in [0.15, 0.2) is 0 Å². The first-order chi connectivity index (χ1) is 23.7. The molecule has 1 saturated carbocycles. The number of alkyl halides is 2. The van der Waals surface area contributed by atoms with Crippen LogP contribution in [0.25, 0.3) is 22.4 Å². The predicted octanol–water partition coefficient (Wildman–Crippen LogP) is -0.0383. The Morgan fingerprint density at radius 2 is 1.84 bits per heavy atom. The van der Waals surface area contributed by atoms with Crippen molar-refractivity contribution in [1.82, 2.24) is 13.0 Å². The number of carbonyl (C=O) groups is 3. The number of aromatic nitrogens is 1. The predicted molar refractivity (Wildman–Crippen MR) is 180 cm³/mol. The van der Waals surface area contributed by atoms with Crippen LogP contribution >= 0.6 is 11.6 Å². The minimum absolute atomic E-state index is 0.0447. The van der Waals surface area contributed by atoms with Crippen molar-refractivity contribution >= 4 is 35.1 Å². The molecule has 2 amide bonds. The molecule has 2 N–H and O–H groups in total. The van der Waals surface area contributed by atoms with Crippen LogP contribution in [0.5, 0.6) is 5.88 Å². The number of nitrogens with one attached hydrogen (secondary N) is 1. The first-order valence-corrected chi connectivity index (χ1v) is 21.6. The number of piperidine rings is 1. The molecule has 2 saturated heterocycles. The second-order valence-corrected chi connectivity index (χ2v) is 19.2. The summed E-state index contributed by atoms with van der Waals surface area (Å²) in [5.74, 6) is -0.525. The number of carbonyl (C=O) groups excluding carboxylic acids is 2. The third kappa shape index (κ3) is 6.40. The standard InChI is InChI=1S/C37H37ClI2N4O5/c1-5-20(36(46)43(3)40-6-2)34(45)41-27-12-8-9-21(32(27)26-16-39-26)22-10-7-11-23(33(22)38)28-15-19-13-14-29(30(19)35(42-28)49-4)44-17-24-25(18-44)31(24)37(47)48/h5-12,15,24-26,29,31H,2,13-14,16-18H2,1,3-4H3,(H,41,45)(H,47,48)/q-2/b20-5-/t24-,25+,26?,29-,31?/m1/s1. The normalized spacial score (nSPS) is 24.0. The number of nitrogens with zero attached hydrogens (tertiary/aromatic N) is 3. The Morgan fingerprint density at radius 3 is 2.49 bits per heavy atom. The molecule has 2 aliphatic carbocycles. The molecular weight excluding hydrogens is 870 g/mol. The van der Waals surface area contributed by atoms with E-state index in [1.54, 1.807) is 34.4 Å². The fourth-order valence-corrected chi connectivity index (χ4v) is 10.9. The molecule has 12 heteroatoms. The van der Waals surface area contributed by atoms with E-state index in [0.29, 0.717) is 20.5 Å².